The highest BCUT2D eigenvalue weighted by Gasteiger charge is 2.29. The number of hydrogen-bond acceptors (Lipinski definition) is 4. The van der Waals surface area contributed by atoms with Crippen LogP contribution in [0.1, 0.15) is 10.4 Å². The summed E-state index contributed by atoms with van der Waals surface area (Å²) in [6.45, 7) is 5.60. The molecule has 0 spiro atoms. The summed E-state index contributed by atoms with van der Waals surface area (Å²) in [6.07, 6.45) is 1.63. The maximum atomic E-state index is 13.3. The second kappa shape index (κ2) is 10.2. The predicted molar refractivity (Wildman–Crippen MR) is 132 cm³/mol. The molecular weight excluding hydrogens is 453 g/mol. The lowest BCUT2D eigenvalue weighted by Gasteiger charge is -2.35. The summed E-state index contributed by atoms with van der Waals surface area (Å²) in [5.41, 5.74) is 1.85. The van der Waals surface area contributed by atoms with E-state index in [9.17, 15) is 17.6 Å². The first kappa shape index (κ1) is 23.7. The van der Waals surface area contributed by atoms with Crippen molar-refractivity contribution in [1.82, 2.24) is 4.31 Å². The number of nitrogens with zero attached hydrogens (tertiary/aromatic N) is 3. The van der Waals surface area contributed by atoms with Crippen LogP contribution in [-0.4, -0.2) is 51.4 Å². The normalized spacial score (nSPS) is 14.6. The molecule has 0 unspecified atom stereocenters. The molecule has 0 N–H and O–H groups in total. The summed E-state index contributed by atoms with van der Waals surface area (Å²) in [5, 5.41) is 0. The molecule has 176 valence electrons. The Bertz CT molecular complexity index is 1260. The summed E-state index contributed by atoms with van der Waals surface area (Å²) in [5.74, 6) is -0.609. The van der Waals surface area contributed by atoms with Gasteiger partial charge in [-0.05, 0) is 54.6 Å². The molecule has 34 heavy (non-hydrogen) atoms. The molecule has 8 heteroatoms. The molecule has 0 saturated carbocycles. The van der Waals surface area contributed by atoms with Gasteiger partial charge in [-0.25, -0.2) is 12.8 Å². The molecule has 1 saturated heterocycles. The number of amides is 1. The van der Waals surface area contributed by atoms with Gasteiger partial charge in [0.05, 0.1) is 4.90 Å². The number of carbonyl (C=O) groups is 1. The first-order valence-electron chi connectivity index (χ1n) is 11.0. The van der Waals surface area contributed by atoms with Crippen LogP contribution in [0, 0.1) is 5.82 Å². The maximum Gasteiger partial charge on any atom is 0.258 e. The third-order valence-electron chi connectivity index (χ3n) is 5.77. The Kier molecular flexibility index (Phi) is 7.09. The number of sulfonamides is 1. The predicted octanol–water partition coefficient (Wildman–Crippen LogP) is 4.17. The van der Waals surface area contributed by atoms with Gasteiger partial charge in [-0.3, -0.25) is 4.79 Å². The molecule has 0 atom stereocenters. The Morgan fingerprint density at radius 1 is 0.941 bits per heavy atom. The average Bonchev–Trinajstić information content (AvgIpc) is 2.88. The van der Waals surface area contributed by atoms with E-state index < -0.39 is 10.0 Å². The van der Waals surface area contributed by atoms with E-state index in [1.165, 1.54) is 28.6 Å². The fraction of sp³-hybridized carbons (Fsp3) is 0.192. The van der Waals surface area contributed by atoms with Crippen LogP contribution in [-0.2, 0) is 10.0 Å². The third kappa shape index (κ3) is 5.03. The molecule has 3 aromatic rings. The van der Waals surface area contributed by atoms with Crippen LogP contribution >= 0.6 is 0 Å². The molecular formula is C26H26FN3O3S. The van der Waals surface area contributed by atoms with Gasteiger partial charge in [0.15, 0.2) is 0 Å². The topological polar surface area (TPSA) is 60.9 Å². The highest BCUT2D eigenvalue weighted by atomic mass is 32.2. The minimum atomic E-state index is -3.78. The van der Waals surface area contributed by atoms with Gasteiger partial charge in [0.1, 0.15) is 5.82 Å². The number of piperazine rings is 1. The Labute approximate surface area is 199 Å². The number of carbonyl (C=O) groups excluding carboxylic acids is 1. The fourth-order valence-corrected chi connectivity index (χ4v) is 5.44. The number of benzene rings is 3. The molecule has 1 aliphatic rings. The Morgan fingerprint density at radius 2 is 1.62 bits per heavy atom. The Morgan fingerprint density at radius 3 is 2.26 bits per heavy atom. The number of halogens is 1. The summed E-state index contributed by atoms with van der Waals surface area (Å²) < 4.78 is 41.3. The zero-order valence-electron chi connectivity index (χ0n) is 18.7. The van der Waals surface area contributed by atoms with Crippen molar-refractivity contribution in [2.75, 3.05) is 42.5 Å². The lowest BCUT2D eigenvalue weighted by Crippen LogP contribution is -2.48. The highest BCUT2D eigenvalue weighted by molar-refractivity contribution is 7.89. The second-order valence-corrected chi connectivity index (χ2v) is 9.87. The van der Waals surface area contributed by atoms with E-state index in [1.54, 1.807) is 35.2 Å². The minimum absolute atomic E-state index is 0.0835. The monoisotopic (exact) mass is 479 g/mol. The fourth-order valence-electron chi connectivity index (χ4n) is 3.98. The van der Waals surface area contributed by atoms with Crippen LogP contribution in [0.5, 0.6) is 0 Å². The van der Waals surface area contributed by atoms with Crippen molar-refractivity contribution < 1.29 is 17.6 Å². The average molecular weight is 480 g/mol. The van der Waals surface area contributed by atoms with Crippen LogP contribution in [0.2, 0.25) is 0 Å². The third-order valence-corrected chi connectivity index (χ3v) is 7.67. The number of anilines is 2. The van der Waals surface area contributed by atoms with Crippen molar-refractivity contribution in [2.45, 2.75) is 4.90 Å². The zero-order valence-corrected chi connectivity index (χ0v) is 19.5. The van der Waals surface area contributed by atoms with Gasteiger partial charge >= 0.3 is 0 Å². The highest BCUT2D eigenvalue weighted by Crippen LogP contribution is 2.24. The van der Waals surface area contributed by atoms with E-state index in [0.717, 1.165) is 5.69 Å². The largest absolute Gasteiger partial charge is 0.369 e. The molecule has 0 radical (unpaired) electrons. The summed E-state index contributed by atoms with van der Waals surface area (Å²) >= 11 is 0. The van der Waals surface area contributed by atoms with E-state index in [-0.39, 0.29) is 22.2 Å². The number of rotatable bonds is 7. The van der Waals surface area contributed by atoms with Crippen LogP contribution in [0.25, 0.3) is 0 Å². The van der Waals surface area contributed by atoms with Crippen LogP contribution in [0.4, 0.5) is 15.8 Å². The molecule has 0 aromatic heterocycles. The SMILES string of the molecule is C=CCN(C(=O)c1cccc(S(=O)(=O)N2CCN(c3ccc(F)cc3)CC2)c1)c1ccccc1. The summed E-state index contributed by atoms with van der Waals surface area (Å²) in [6, 6.07) is 21.5. The lowest BCUT2D eigenvalue weighted by molar-refractivity contribution is 0.0989. The Balaban J connectivity index is 1.52. The van der Waals surface area contributed by atoms with Crippen molar-refractivity contribution in [2.24, 2.45) is 0 Å². The number of hydrogen-bond donors (Lipinski definition) is 0. The smallest absolute Gasteiger partial charge is 0.258 e. The molecule has 1 heterocycles. The molecule has 0 aliphatic carbocycles. The van der Waals surface area contributed by atoms with Gasteiger partial charge in [0.25, 0.3) is 5.91 Å². The van der Waals surface area contributed by atoms with Gasteiger partial charge in [-0.2, -0.15) is 4.31 Å². The van der Waals surface area contributed by atoms with E-state index in [2.05, 4.69) is 6.58 Å². The van der Waals surface area contributed by atoms with Crippen LogP contribution in [0.3, 0.4) is 0 Å². The molecule has 1 amide bonds. The first-order valence-corrected chi connectivity index (χ1v) is 12.4. The molecule has 3 aromatic carbocycles. The van der Waals surface area contributed by atoms with E-state index in [0.29, 0.717) is 38.4 Å². The van der Waals surface area contributed by atoms with Gasteiger partial charge in [0.2, 0.25) is 10.0 Å². The van der Waals surface area contributed by atoms with Gasteiger partial charge in [0, 0.05) is 49.7 Å². The quantitative estimate of drug-likeness (QED) is 0.478. The van der Waals surface area contributed by atoms with E-state index in [4.69, 9.17) is 0 Å². The molecule has 1 fully saturated rings. The maximum absolute atomic E-state index is 13.3. The molecule has 4 rings (SSSR count). The van der Waals surface area contributed by atoms with Gasteiger partial charge in [-0.15, -0.1) is 6.58 Å². The Hall–Kier alpha value is -3.49. The van der Waals surface area contributed by atoms with E-state index >= 15 is 0 Å². The van der Waals surface area contributed by atoms with Crippen molar-refractivity contribution in [1.29, 1.82) is 0 Å². The standard InChI is InChI=1S/C26H26FN3O3S/c1-2-15-30(24-8-4-3-5-9-24)26(31)21-7-6-10-25(20-21)34(32,33)29-18-16-28(17-19-29)23-13-11-22(27)12-14-23/h2-14,20H,1,15-19H2. The van der Waals surface area contributed by atoms with Crippen LogP contribution < -0.4 is 9.80 Å². The lowest BCUT2D eigenvalue weighted by atomic mass is 10.1. The zero-order chi connectivity index (χ0) is 24.1. The van der Waals surface area contributed by atoms with Crippen molar-refractivity contribution >= 4 is 27.3 Å². The van der Waals surface area contributed by atoms with Crippen molar-refractivity contribution in [3.05, 3.63) is 103 Å². The minimum Gasteiger partial charge on any atom is -0.369 e. The van der Waals surface area contributed by atoms with Gasteiger partial charge < -0.3 is 9.80 Å². The molecule has 1 aliphatic heterocycles. The van der Waals surface area contributed by atoms with Crippen LogP contribution in [0.15, 0.2) is 96.4 Å². The first-order chi connectivity index (χ1) is 16.4. The summed E-state index contributed by atoms with van der Waals surface area (Å²) in [4.78, 5) is 16.9. The van der Waals surface area contributed by atoms with Crippen molar-refractivity contribution in [3.8, 4) is 0 Å². The van der Waals surface area contributed by atoms with Gasteiger partial charge in [-0.1, -0.05) is 30.3 Å². The van der Waals surface area contributed by atoms with Crippen molar-refractivity contribution in [3.63, 3.8) is 0 Å². The number of para-hydroxylation sites is 1. The molecule has 6 nitrogen and oxygen atoms in total. The molecule has 0 bridgehead atoms. The van der Waals surface area contributed by atoms with E-state index in [1.807, 2.05) is 35.2 Å². The summed E-state index contributed by atoms with van der Waals surface area (Å²) in [7, 11) is -3.78. The second-order valence-electron chi connectivity index (χ2n) is 7.94.